The van der Waals surface area contributed by atoms with Crippen molar-refractivity contribution in [1.29, 1.82) is 0 Å². The minimum absolute atomic E-state index is 0.0174. The van der Waals surface area contributed by atoms with E-state index >= 15 is 0 Å². The topological polar surface area (TPSA) is 27.7 Å². The van der Waals surface area contributed by atoms with Crippen molar-refractivity contribution in [3.8, 4) is 5.75 Å². The average Bonchev–Trinajstić information content (AvgIpc) is 2.41. The molecule has 0 aliphatic heterocycles. The van der Waals surface area contributed by atoms with Gasteiger partial charge in [0.1, 0.15) is 12.4 Å². The number of methoxy groups -OCH3 is 1. The quantitative estimate of drug-likeness (QED) is 0.543. The lowest BCUT2D eigenvalue weighted by Gasteiger charge is -2.15. The van der Waals surface area contributed by atoms with Gasteiger partial charge in [0.15, 0.2) is 0 Å². The first-order chi connectivity index (χ1) is 9.49. The van der Waals surface area contributed by atoms with Crippen molar-refractivity contribution in [2.75, 3.05) is 33.5 Å². The van der Waals surface area contributed by atoms with Crippen molar-refractivity contribution >= 4 is 11.6 Å². The zero-order valence-corrected chi connectivity index (χ0v) is 11.8. The molecule has 0 saturated heterocycles. The van der Waals surface area contributed by atoms with Gasteiger partial charge < -0.3 is 14.2 Å². The van der Waals surface area contributed by atoms with E-state index in [0.717, 1.165) is 6.07 Å². The summed E-state index contributed by atoms with van der Waals surface area (Å²) in [5.74, 6) is -0.203. The van der Waals surface area contributed by atoms with Gasteiger partial charge in [-0.2, -0.15) is 13.2 Å². The van der Waals surface area contributed by atoms with E-state index in [-0.39, 0.29) is 24.8 Å². The highest BCUT2D eigenvalue weighted by Gasteiger charge is 2.34. The van der Waals surface area contributed by atoms with Gasteiger partial charge in [-0.25, -0.2) is 0 Å². The van der Waals surface area contributed by atoms with Crippen molar-refractivity contribution in [3.63, 3.8) is 0 Å². The minimum Gasteiger partial charge on any atom is -0.491 e. The number of benzene rings is 1. The number of hydrogen-bond donors (Lipinski definition) is 0. The highest BCUT2D eigenvalue weighted by Crippen LogP contribution is 2.37. The van der Waals surface area contributed by atoms with E-state index < -0.39 is 11.7 Å². The Balaban J connectivity index is 2.60. The predicted octanol–water partition coefficient (Wildman–Crippen LogP) is 3.49. The van der Waals surface area contributed by atoms with Gasteiger partial charge in [0.05, 0.1) is 25.4 Å². The fraction of sp³-hybridized carbons (Fsp3) is 0.538. The maximum atomic E-state index is 12.9. The van der Waals surface area contributed by atoms with E-state index in [1.807, 2.05) is 0 Å². The van der Waals surface area contributed by atoms with Crippen LogP contribution in [-0.2, 0) is 21.5 Å². The standard InChI is InChI=1S/C13H16ClF3O3/c1-18-4-5-19-6-7-20-12-3-2-10(9-14)8-11(12)13(15,16)17/h2-3,8H,4-7,9H2,1H3. The Morgan fingerprint density at radius 3 is 2.40 bits per heavy atom. The fourth-order valence-electron chi connectivity index (χ4n) is 1.46. The zero-order valence-electron chi connectivity index (χ0n) is 11.0. The van der Waals surface area contributed by atoms with Crippen LogP contribution >= 0.6 is 11.6 Å². The van der Waals surface area contributed by atoms with E-state index in [0.29, 0.717) is 18.8 Å². The summed E-state index contributed by atoms with van der Waals surface area (Å²) in [6.07, 6.45) is -4.48. The van der Waals surface area contributed by atoms with Gasteiger partial charge in [-0.05, 0) is 17.7 Å². The molecule has 7 heteroatoms. The van der Waals surface area contributed by atoms with Crippen LogP contribution in [0.2, 0.25) is 0 Å². The van der Waals surface area contributed by atoms with Gasteiger partial charge in [0.25, 0.3) is 0 Å². The van der Waals surface area contributed by atoms with Crippen LogP contribution in [0.1, 0.15) is 11.1 Å². The van der Waals surface area contributed by atoms with Crippen LogP contribution in [0.4, 0.5) is 13.2 Å². The van der Waals surface area contributed by atoms with E-state index in [1.54, 1.807) is 0 Å². The SMILES string of the molecule is COCCOCCOc1ccc(CCl)cc1C(F)(F)F. The summed E-state index contributed by atoms with van der Waals surface area (Å²) < 4.78 is 53.6. The van der Waals surface area contributed by atoms with Crippen LogP contribution in [0.15, 0.2) is 18.2 Å². The molecule has 0 bridgehead atoms. The largest absolute Gasteiger partial charge is 0.491 e. The van der Waals surface area contributed by atoms with Crippen LogP contribution in [0, 0.1) is 0 Å². The van der Waals surface area contributed by atoms with Crippen LogP contribution in [0.25, 0.3) is 0 Å². The summed E-state index contributed by atoms with van der Waals surface area (Å²) in [5.41, 5.74) is -0.435. The van der Waals surface area contributed by atoms with Crippen molar-refractivity contribution in [1.82, 2.24) is 0 Å². The Morgan fingerprint density at radius 2 is 1.80 bits per heavy atom. The molecule has 1 rings (SSSR count). The molecular formula is C13H16ClF3O3. The first-order valence-corrected chi connectivity index (χ1v) is 6.48. The van der Waals surface area contributed by atoms with Crippen LogP contribution in [-0.4, -0.2) is 33.5 Å². The molecule has 0 heterocycles. The highest BCUT2D eigenvalue weighted by molar-refractivity contribution is 6.17. The fourth-order valence-corrected chi connectivity index (χ4v) is 1.63. The first kappa shape index (κ1) is 17.1. The molecule has 20 heavy (non-hydrogen) atoms. The second kappa shape index (κ2) is 8.34. The Labute approximate surface area is 120 Å². The average molecular weight is 313 g/mol. The Bertz CT molecular complexity index is 410. The zero-order chi connectivity index (χ0) is 15.0. The molecule has 0 N–H and O–H groups in total. The van der Waals surface area contributed by atoms with Crippen molar-refractivity contribution < 1.29 is 27.4 Å². The number of ether oxygens (including phenoxy) is 3. The van der Waals surface area contributed by atoms with Crippen molar-refractivity contribution in [2.24, 2.45) is 0 Å². The third-order valence-corrected chi connectivity index (χ3v) is 2.73. The molecule has 0 saturated carbocycles. The molecule has 0 spiro atoms. The lowest BCUT2D eigenvalue weighted by atomic mass is 10.1. The van der Waals surface area contributed by atoms with Gasteiger partial charge in [0.2, 0.25) is 0 Å². The van der Waals surface area contributed by atoms with E-state index in [1.165, 1.54) is 19.2 Å². The van der Waals surface area contributed by atoms with Gasteiger partial charge in [-0.15, -0.1) is 11.6 Å². The molecule has 0 fully saturated rings. The molecule has 0 unspecified atom stereocenters. The Hall–Kier alpha value is -0.980. The van der Waals surface area contributed by atoms with E-state index in [4.69, 9.17) is 25.8 Å². The summed E-state index contributed by atoms with van der Waals surface area (Å²) in [6, 6.07) is 3.77. The molecule has 1 aromatic rings. The van der Waals surface area contributed by atoms with E-state index in [2.05, 4.69) is 0 Å². The van der Waals surface area contributed by atoms with Crippen LogP contribution in [0.3, 0.4) is 0 Å². The molecule has 114 valence electrons. The number of hydrogen-bond acceptors (Lipinski definition) is 3. The number of rotatable bonds is 8. The molecule has 1 aromatic carbocycles. The number of alkyl halides is 4. The van der Waals surface area contributed by atoms with Gasteiger partial charge in [0, 0.05) is 13.0 Å². The second-order valence-electron chi connectivity index (χ2n) is 3.92. The summed E-state index contributed by atoms with van der Waals surface area (Å²) in [7, 11) is 1.54. The second-order valence-corrected chi connectivity index (χ2v) is 4.18. The molecule has 0 aliphatic carbocycles. The highest BCUT2D eigenvalue weighted by atomic mass is 35.5. The van der Waals surface area contributed by atoms with Crippen LogP contribution in [0.5, 0.6) is 5.75 Å². The molecule has 3 nitrogen and oxygen atoms in total. The van der Waals surface area contributed by atoms with Gasteiger partial charge in [-0.1, -0.05) is 6.07 Å². The summed E-state index contributed by atoms with van der Waals surface area (Å²) in [6.45, 7) is 1.03. The molecule has 0 radical (unpaired) electrons. The summed E-state index contributed by atoms with van der Waals surface area (Å²) in [4.78, 5) is 0. The van der Waals surface area contributed by atoms with Gasteiger partial charge >= 0.3 is 6.18 Å². The van der Waals surface area contributed by atoms with E-state index in [9.17, 15) is 13.2 Å². The molecular weight excluding hydrogens is 297 g/mol. The third kappa shape index (κ3) is 5.56. The maximum Gasteiger partial charge on any atom is 0.419 e. The normalized spacial score (nSPS) is 11.7. The smallest absolute Gasteiger partial charge is 0.419 e. The molecule has 0 aliphatic rings. The molecule has 0 amide bonds. The minimum atomic E-state index is -4.48. The third-order valence-electron chi connectivity index (χ3n) is 2.42. The monoisotopic (exact) mass is 312 g/mol. The number of halogens is 4. The predicted molar refractivity (Wildman–Crippen MR) is 69.2 cm³/mol. The summed E-state index contributed by atoms with van der Waals surface area (Å²) in [5, 5.41) is 0. The molecule has 0 aromatic heterocycles. The van der Waals surface area contributed by atoms with Crippen molar-refractivity contribution in [2.45, 2.75) is 12.1 Å². The summed E-state index contributed by atoms with van der Waals surface area (Å²) >= 11 is 5.54. The van der Waals surface area contributed by atoms with Crippen molar-refractivity contribution in [3.05, 3.63) is 29.3 Å². The maximum absolute atomic E-state index is 12.9. The Morgan fingerprint density at radius 1 is 1.10 bits per heavy atom. The lowest BCUT2D eigenvalue weighted by Crippen LogP contribution is -2.13. The lowest BCUT2D eigenvalue weighted by molar-refractivity contribution is -0.139. The molecule has 0 atom stereocenters. The first-order valence-electron chi connectivity index (χ1n) is 5.94. The van der Waals surface area contributed by atoms with Crippen LogP contribution < -0.4 is 4.74 Å². The van der Waals surface area contributed by atoms with Gasteiger partial charge in [-0.3, -0.25) is 0 Å². The Kier molecular flexibility index (Phi) is 7.12.